The number of aliphatic carboxylic acids is 1. The van der Waals surface area contributed by atoms with Crippen LogP contribution in [0, 0.1) is 26.4 Å². The first kappa shape index (κ1) is 24.8. The molecule has 0 aromatic heterocycles. The van der Waals surface area contributed by atoms with E-state index in [9.17, 15) is 33.0 Å². The van der Waals surface area contributed by atoms with Crippen molar-refractivity contribution >= 4 is 45.8 Å². The molecule has 0 bridgehead atoms. The number of aliphatic hydroxyl groups is 1. The van der Waals surface area contributed by atoms with Gasteiger partial charge in [-0.15, -0.1) is 0 Å². The number of carboxylic acids is 1. The number of benzene rings is 2. The zero-order chi connectivity index (χ0) is 24.7. The van der Waals surface area contributed by atoms with Crippen LogP contribution in [-0.2, 0) is 4.79 Å². The molecule has 0 spiro atoms. The smallest absolute Gasteiger partial charge is 0.309 e. The van der Waals surface area contributed by atoms with Gasteiger partial charge in [-0.05, 0) is 78.6 Å². The lowest BCUT2D eigenvalue weighted by Gasteiger charge is -2.47. The summed E-state index contributed by atoms with van der Waals surface area (Å²) in [7, 11) is 0. The summed E-state index contributed by atoms with van der Waals surface area (Å²) in [6.07, 6.45) is 3.34. The van der Waals surface area contributed by atoms with Gasteiger partial charge in [-0.3, -0.25) is 9.59 Å². The molecule has 10 heteroatoms. The van der Waals surface area contributed by atoms with Crippen molar-refractivity contribution in [1.29, 1.82) is 0 Å². The lowest BCUT2D eigenvalue weighted by atomic mass is 9.76. The van der Waals surface area contributed by atoms with Gasteiger partial charge in [-0.25, -0.2) is 13.2 Å². The van der Waals surface area contributed by atoms with Gasteiger partial charge in [0.25, 0.3) is 5.91 Å². The molecule has 3 N–H and O–H groups in total. The lowest BCUT2D eigenvalue weighted by Crippen LogP contribution is -2.63. The molecule has 2 aromatic rings. The molecule has 6 nitrogen and oxygen atoms in total. The first-order valence-electron chi connectivity index (χ1n) is 11.0. The second-order valence-corrected chi connectivity index (χ2v) is 10.5. The van der Waals surface area contributed by atoms with Gasteiger partial charge in [0.05, 0.1) is 41.0 Å². The van der Waals surface area contributed by atoms with E-state index in [1.165, 1.54) is 17.0 Å². The third-order valence-electron chi connectivity index (χ3n) is 6.86. The Bertz CT molecular complexity index is 1130. The normalized spacial score (nSPS) is 18.4. The van der Waals surface area contributed by atoms with Crippen LogP contribution in [0.3, 0.4) is 0 Å². The number of amides is 1. The van der Waals surface area contributed by atoms with E-state index < -0.39 is 46.0 Å². The molecule has 2 aromatic carbocycles. The van der Waals surface area contributed by atoms with Crippen LogP contribution in [0.2, 0.25) is 0 Å². The molecule has 1 amide bonds. The van der Waals surface area contributed by atoms with E-state index in [1.807, 2.05) is 22.6 Å². The van der Waals surface area contributed by atoms with Gasteiger partial charge in [-0.2, -0.15) is 0 Å². The summed E-state index contributed by atoms with van der Waals surface area (Å²) in [5.74, 6) is -4.71. The molecule has 0 unspecified atom stereocenters. The predicted octanol–water partition coefficient (Wildman–Crippen LogP) is 5.06. The molecule has 2 fully saturated rings. The number of likely N-dealkylation sites (tertiary alicyclic amines) is 1. The molecule has 1 heterocycles. The highest BCUT2D eigenvalue weighted by molar-refractivity contribution is 14.1. The van der Waals surface area contributed by atoms with Gasteiger partial charge in [-0.1, -0.05) is 12.8 Å². The van der Waals surface area contributed by atoms with Crippen LogP contribution in [0.5, 0.6) is 0 Å². The second-order valence-electron chi connectivity index (χ2n) is 9.21. The number of halogens is 4. The molecule has 0 atom stereocenters. The van der Waals surface area contributed by atoms with Crippen molar-refractivity contribution in [2.24, 2.45) is 5.41 Å². The number of carboxylic acid groups (broad SMARTS) is 1. The summed E-state index contributed by atoms with van der Waals surface area (Å²) in [6.45, 7) is -0.115. The molecule has 2 aliphatic rings. The molecule has 34 heavy (non-hydrogen) atoms. The third kappa shape index (κ3) is 4.74. The number of hydrogen-bond acceptors (Lipinski definition) is 4. The molecule has 0 radical (unpaired) electrons. The van der Waals surface area contributed by atoms with Crippen LogP contribution in [0.4, 0.5) is 24.5 Å². The van der Waals surface area contributed by atoms with E-state index >= 15 is 0 Å². The van der Waals surface area contributed by atoms with E-state index in [1.54, 1.807) is 6.07 Å². The molecule has 1 aliphatic heterocycles. The van der Waals surface area contributed by atoms with Crippen molar-refractivity contribution in [3.63, 3.8) is 0 Å². The molecule has 1 saturated heterocycles. The van der Waals surface area contributed by atoms with Crippen molar-refractivity contribution in [1.82, 2.24) is 4.90 Å². The minimum Gasteiger partial charge on any atom is -0.481 e. The van der Waals surface area contributed by atoms with Crippen LogP contribution < -0.4 is 5.32 Å². The molecular weight excluding hydrogens is 564 g/mol. The Labute approximate surface area is 208 Å². The van der Waals surface area contributed by atoms with Gasteiger partial charge in [0, 0.05) is 3.57 Å². The van der Waals surface area contributed by atoms with Gasteiger partial charge in [0.1, 0.15) is 5.82 Å². The fourth-order valence-corrected chi connectivity index (χ4v) is 5.26. The van der Waals surface area contributed by atoms with Crippen molar-refractivity contribution in [3.8, 4) is 0 Å². The molecule has 1 aliphatic carbocycles. The van der Waals surface area contributed by atoms with Gasteiger partial charge in [0.2, 0.25) is 0 Å². The minimum absolute atomic E-state index is 0.0577. The first-order valence-corrected chi connectivity index (χ1v) is 12.1. The van der Waals surface area contributed by atoms with Crippen molar-refractivity contribution in [2.75, 3.05) is 18.4 Å². The molecule has 182 valence electrons. The van der Waals surface area contributed by atoms with Gasteiger partial charge < -0.3 is 20.4 Å². The Morgan fingerprint density at radius 2 is 1.71 bits per heavy atom. The van der Waals surface area contributed by atoms with E-state index in [-0.39, 0.29) is 30.8 Å². The maximum absolute atomic E-state index is 14.6. The number of hydrogen-bond donors (Lipinski definition) is 3. The highest BCUT2D eigenvalue weighted by Gasteiger charge is 2.48. The Hall–Kier alpha value is -2.34. The van der Waals surface area contributed by atoms with E-state index in [2.05, 4.69) is 5.32 Å². The van der Waals surface area contributed by atoms with E-state index in [4.69, 9.17) is 0 Å². The molecular formula is C24H24F3IN2O4. The standard InChI is InChI=1S/C24H24F3IN2O4/c25-16-5-4-15(20(19(16)27)29-18-6-3-14(28)11-17(18)26)21(31)30-12-24(34,13-30)10-9-23(22(32)33)7-1-2-8-23/h3-6,11,29,34H,1-2,7-10,12-13H2,(H,32,33). The van der Waals surface area contributed by atoms with Crippen molar-refractivity contribution < 1.29 is 33.0 Å². The number of carbonyl (C=O) groups excluding carboxylic acids is 1. The Morgan fingerprint density at radius 3 is 2.32 bits per heavy atom. The maximum atomic E-state index is 14.6. The zero-order valence-electron chi connectivity index (χ0n) is 18.2. The summed E-state index contributed by atoms with van der Waals surface area (Å²) in [6, 6.07) is 6.09. The van der Waals surface area contributed by atoms with Crippen LogP contribution in [-0.4, -0.2) is 45.7 Å². The topological polar surface area (TPSA) is 89.9 Å². The number of nitrogens with one attached hydrogen (secondary N) is 1. The minimum atomic E-state index is -1.32. The van der Waals surface area contributed by atoms with E-state index in [0.717, 1.165) is 25.0 Å². The lowest BCUT2D eigenvalue weighted by molar-refractivity contribution is -0.151. The number of carbonyl (C=O) groups is 2. The maximum Gasteiger partial charge on any atom is 0.309 e. The number of nitrogens with zero attached hydrogens (tertiary/aromatic N) is 1. The van der Waals surface area contributed by atoms with Gasteiger partial charge >= 0.3 is 5.97 Å². The first-order chi connectivity index (χ1) is 16.0. The number of anilines is 2. The van der Waals surface area contributed by atoms with Crippen molar-refractivity contribution in [3.05, 3.63) is 56.9 Å². The van der Waals surface area contributed by atoms with Crippen molar-refractivity contribution in [2.45, 2.75) is 44.1 Å². The Morgan fingerprint density at radius 1 is 1.03 bits per heavy atom. The number of β-amino-alcohol motifs (C(OH)–C–C–N with tert-alkyl or cyclic N) is 1. The summed E-state index contributed by atoms with van der Waals surface area (Å²) >= 11 is 1.91. The molecule has 4 rings (SSSR count). The van der Waals surface area contributed by atoms with E-state index in [0.29, 0.717) is 22.8 Å². The highest BCUT2D eigenvalue weighted by Crippen LogP contribution is 2.44. The average molecular weight is 588 g/mol. The third-order valence-corrected chi connectivity index (χ3v) is 7.53. The summed E-state index contributed by atoms with van der Waals surface area (Å²) in [4.78, 5) is 26.1. The Balaban J connectivity index is 1.48. The average Bonchev–Trinajstić information content (AvgIpc) is 3.25. The Kier molecular flexibility index (Phi) is 6.83. The van der Waals surface area contributed by atoms with Crippen LogP contribution >= 0.6 is 22.6 Å². The fraction of sp³-hybridized carbons (Fsp3) is 0.417. The molecule has 1 saturated carbocycles. The number of rotatable bonds is 7. The van der Waals surface area contributed by atoms with Crippen LogP contribution in [0.1, 0.15) is 48.9 Å². The summed E-state index contributed by atoms with van der Waals surface area (Å²) in [5, 5.41) is 22.9. The predicted molar refractivity (Wildman–Crippen MR) is 127 cm³/mol. The zero-order valence-corrected chi connectivity index (χ0v) is 20.4. The van der Waals surface area contributed by atoms with Gasteiger partial charge in [0.15, 0.2) is 11.6 Å². The SMILES string of the molecule is O=C(c1ccc(F)c(F)c1Nc1ccc(I)cc1F)N1CC(O)(CCC2(C(=O)O)CCCC2)C1. The monoisotopic (exact) mass is 588 g/mol. The fourth-order valence-electron chi connectivity index (χ4n) is 4.81. The van der Waals surface area contributed by atoms with Crippen LogP contribution in [0.15, 0.2) is 30.3 Å². The summed E-state index contributed by atoms with van der Waals surface area (Å²) in [5.41, 5.74) is -2.88. The largest absolute Gasteiger partial charge is 0.481 e. The highest BCUT2D eigenvalue weighted by atomic mass is 127. The second kappa shape index (κ2) is 9.37. The van der Waals surface area contributed by atoms with Crippen LogP contribution in [0.25, 0.3) is 0 Å². The summed E-state index contributed by atoms with van der Waals surface area (Å²) < 4.78 is 43.5. The quantitative estimate of drug-likeness (QED) is 0.394.